The molecule has 0 unspecified atom stereocenters. The standard InChI is InChI=1S/C14H15N3O/c1-3-13-12(8-10(2)16-17-13)14(18)9-11-4-6-15-7-5-11/h4-8H,3,9H2,1-2H3. The molecule has 2 heterocycles. The number of hydrogen-bond acceptors (Lipinski definition) is 4. The Morgan fingerprint density at radius 2 is 1.94 bits per heavy atom. The molecule has 0 aliphatic carbocycles. The van der Waals surface area contributed by atoms with E-state index in [1.807, 2.05) is 32.0 Å². The first kappa shape index (κ1) is 12.4. The van der Waals surface area contributed by atoms with Gasteiger partial charge in [-0.25, -0.2) is 0 Å². The summed E-state index contributed by atoms with van der Waals surface area (Å²) in [6.07, 6.45) is 4.48. The monoisotopic (exact) mass is 241 g/mol. The Bertz CT molecular complexity index is 552. The highest BCUT2D eigenvalue weighted by Crippen LogP contribution is 2.11. The zero-order chi connectivity index (χ0) is 13.0. The quantitative estimate of drug-likeness (QED) is 0.770. The lowest BCUT2D eigenvalue weighted by Gasteiger charge is -2.06. The van der Waals surface area contributed by atoms with Crippen molar-refractivity contribution in [3.63, 3.8) is 0 Å². The lowest BCUT2D eigenvalue weighted by molar-refractivity contribution is 0.0991. The van der Waals surface area contributed by atoms with E-state index in [1.54, 1.807) is 12.4 Å². The zero-order valence-electron chi connectivity index (χ0n) is 10.6. The highest BCUT2D eigenvalue weighted by molar-refractivity contribution is 5.98. The molecule has 2 aromatic rings. The van der Waals surface area contributed by atoms with Crippen LogP contribution in [0.25, 0.3) is 0 Å². The number of carbonyl (C=O) groups is 1. The van der Waals surface area contributed by atoms with E-state index < -0.39 is 0 Å². The first-order valence-electron chi connectivity index (χ1n) is 5.96. The smallest absolute Gasteiger partial charge is 0.169 e. The van der Waals surface area contributed by atoms with Crippen LogP contribution in [0.4, 0.5) is 0 Å². The van der Waals surface area contributed by atoms with Crippen molar-refractivity contribution in [2.45, 2.75) is 26.7 Å². The molecule has 0 atom stereocenters. The number of ketones is 1. The second-order valence-corrected chi connectivity index (χ2v) is 4.16. The molecule has 0 fully saturated rings. The van der Waals surface area contributed by atoms with Crippen LogP contribution in [0.1, 0.15) is 34.2 Å². The summed E-state index contributed by atoms with van der Waals surface area (Å²) in [6.45, 7) is 3.82. The molecule has 0 aromatic carbocycles. The molecule has 0 aliphatic rings. The van der Waals surface area contributed by atoms with Crippen molar-refractivity contribution in [2.75, 3.05) is 0 Å². The van der Waals surface area contributed by atoms with Crippen molar-refractivity contribution in [1.29, 1.82) is 0 Å². The number of pyridine rings is 1. The van der Waals surface area contributed by atoms with E-state index in [9.17, 15) is 4.79 Å². The molecule has 92 valence electrons. The highest BCUT2D eigenvalue weighted by Gasteiger charge is 2.13. The third-order valence-electron chi connectivity index (χ3n) is 2.74. The van der Waals surface area contributed by atoms with Crippen molar-refractivity contribution < 1.29 is 4.79 Å². The van der Waals surface area contributed by atoms with Gasteiger partial charge in [0.15, 0.2) is 5.78 Å². The molecule has 0 saturated carbocycles. The molecule has 0 aliphatic heterocycles. The molecule has 18 heavy (non-hydrogen) atoms. The van der Waals surface area contributed by atoms with Gasteiger partial charge < -0.3 is 0 Å². The van der Waals surface area contributed by atoms with Gasteiger partial charge in [-0.2, -0.15) is 10.2 Å². The van der Waals surface area contributed by atoms with Gasteiger partial charge in [0.2, 0.25) is 0 Å². The Morgan fingerprint density at radius 1 is 1.22 bits per heavy atom. The fourth-order valence-corrected chi connectivity index (χ4v) is 1.80. The third kappa shape index (κ3) is 2.77. The maximum atomic E-state index is 12.3. The van der Waals surface area contributed by atoms with E-state index >= 15 is 0 Å². The number of hydrogen-bond donors (Lipinski definition) is 0. The van der Waals surface area contributed by atoms with E-state index in [1.165, 1.54) is 0 Å². The molecule has 0 radical (unpaired) electrons. The Kier molecular flexibility index (Phi) is 3.77. The summed E-state index contributed by atoms with van der Waals surface area (Å²) < 4.78 is 0. The van der Waals surface area contributed by atoms with Crippen molar-refractivity contribution in [2.24, 2.45) is 0 Å². The number of rotatable bonds is 4. The van der Waals surface area contributed by atoms with Crippen LogP contribution in [0.2, 0.25) is 0 Å². The maximum absolute atomic E-state index is 12.3. The molecule has 2 aromatic heterocycles. The van der Waals surface area contributed by atoms with Crippen LogP contribution in [0, 0.1) is 6.92 Å². The number of carbonyl (C=O) groups excluding carboxylic acids is 1. The number of Topliss-reactive ketones (excluding diaryl/α,β-unsaturated/α-hetero) is 1. The summed E-state index contributed by atoms with van der Waals surface area (Å²) in [5.74, 6) is 0.0797. The minimum absolute atomic E-state index is 0.0797. The molecule has 0 saturated heterocycles. The first-order chi connectivity index (χ1) is 8.70. The van der Waals surface area contributed by atoms with Gasteiger partial charge in [-0.1, -0.05) is 6.92 Å². The van der Waals surface area contributed by atoms with E-state index in [0.29, 0.717) is 18.4 Å². The molecule has 0 amide bonds. The molecule has 4 heteroatoms. The second-order valence-electron chi connectivity index (χ2n) is 4.16. The lowest BCUT2D eigenvalue weighted by Crippen LogP contribution is -2.10. The summed E-state index contributed by atoms with van der Waals surface area (Å²) >= 11 is 0. The molecular weight excluding hydrogens is 226 g/mol. The highest BCUT2D eigenvalue weighted by atomic mass is 16.1. The second kappa shape index (κ2) is 5.49. The third-order valence-corrected chi connectivity index (χ3v) is 2.74. The van der Waals surface area contributed by atoms with Gasteiger partial charge in [-0.3, -0.25) is 9.78 Å². The Balaban J connectivity index is 2.26. The van der Waals surface area contributed by atoms with Crippen molar-refractivity contribution in [3.05, 3.63) is 53.1 Å². The molecule has 0 bridgehead atoms. The molecule has 0 spiro atoms. The fourth-order valence-electron chi connectivity index (χ4n) is 1.80. The summed E-state index contributed by atoms with van der Waals surface area (Å²) in [5, 5.41) is 8.06. The Morgan fingerprint density at radius 3 is 2.61 bits per heavy atom. The van der Waals surface area contributed by atoms with E-state index in [-0.39, 0.29) is 5.78 Å². The fraction of sp³-hybridized carbons (Fsp3) is 0.286. The van der Waals surface area contributed by atoms with E-state index in [4.69, 9.17) is 0 Å². The number of nitrogens with zero attached hydrogens (tertiary/aromatic N) is 3. The summed E-state index contributed by atoms with van der Waals surface area (Å²) in [6, 6.07) is 5.52. The number of aryl methyl sites for hydroxylation is 2. The predicted octanol–water partition coefficient (Wildman–Crippen LogP) is 2.17. The van der Waals surface area contributed by atoms with Crippen molar-refractivity contribution in [1.82, 2.24) is 15.2 Å². The maximum Gasteiger partial charge on any atom is 0.169 e. The topological polar surface area (TPSA) is 55.7 Å². The van der Waals surface area contributed by atoms with Gasteiger partial charge in [-0.15, -0.1) is 0 Å². The van der Waals surface area contributed by atoms with E-state index in [2.05, 4.69) is 15.2 Å². The van der Waals surface area contributed by atoms with Gasteiger partial charge in [0, 0.05) is 24.4 Å². The largest absolute Gasteiger partial charge is 0.294 e. The minimum Gasteiger partial charge on any atom is -0.294 e. The van der Waals surface area contributed by atoms with Gasteiger partial charge in [-0.05, 0) is 37.1 Å². The van der Waals surface area contributed by atoms with Crippen LogP contribution in [0.3, 0.4) is 0 Å². The lowest BCUT2D eigenvalue weighted by atomic mass is 10.0. The SMILES string of the molecule is CCc1nnc(C)cc1C(=O)Cc1ccncc1. The summed E-state index contributed by atoms with van der Waals surface area (Å²) in [5.41, 5.74) is 3.18. The van der Waals surface area contributed by atoms with E-state index in [0.717, 1.165) is 17.0 Å². The Labute approximate surface area is 106 Å². The number of aromatic nitrogens is 3. The van der Waals surface area contributed by atoms with Crippen molar-refractivity contribution in [3.8, 4) is 0 Å². The van der Waals surface area contributed by atoms with Crippen LogP contribution < -0.4 is 0 Å². The normalized spacial score (nSPS) is 10.3. The minimum atomic E-state index is 0.0797. The average molecular weight is 241 g/mol. The molecule has 2 rings (SSSR count). The molecular formula is C14H15N3O. The predicted molar refractivity (Wildman–Crippen MR) is 68.4 cm³/mol. The van der Waals surface area contributed by atoms with Crippen LogP contribution in [0.15, 0.2) is 30.6 Å². The van der Waals surface area contributed by atoms with Crippen LogP contribution in [0.5, 0.6) is 0 Å². The zero-order valence-corrected chi connectivity index (χ0v) is 10.6. The van der Waals surface area contributed by atoms with Crippen LogP contribution in [-0.4, -0.2) is 21.0 Å². The first-order valence-corrected chi connectivity index (χ1v) is 5.96. The molecule has 0 N–H and O–H groups in total. The summed E-state index contributed by atoms with van der Waals surface area (Å²) in [4.78, 5) is 16.2. The molecule has 4 nitrogen and oxygen atoms in total. The van der Waals surface area contributed by atoms with Crippen LogP contribution in [-0.2, 0) is 12.8 Å². The van der Waals surface area contributed by atoms with Gasteiger partial charge in [0.05, 0.1) is 11.4 Å². The van der Waals surface area contributed by atoms with Crippen LogP contribution >= 0.6 is 0 Å². The van der Waals surface area contributed by atoms with Gasteiger partial charge >= 0.3 is 0 Å². The van der Waals surface area contributed by atoms with Crippen molar-refractivity contribution >= 4 is 5.78 Å². The summed E-state index contributed by atoms with van der Waals surface area (Å²) in [7, 11) is 0. The van der Waals surface area contributed by atoms with Gasteiger partial charge in [0.25, 0.3) is 0 Å². The Hall–Kier alpha value is -2.10. The van der Waals surface area contributed by atoms with Gasteiger partial charge in [0.1, 0.15) is 0 Å². The average Bonchev–Trinajstić information content (AvgIpc) is 2.40.